The van der Waals surface area contributed by atoms with Crippen LogP contribution < -0.4 is 5.73 Å². The molecular formula is C9H10NO2. The van der Waals surface area contributed by atoms with Gasteiger partial charge < -0.3 is 10.5 Å². The highest BCUT2D eigenvalue weighted by Gasteiger charge is 2.08. The molecule has 2 N–H and O–H groups in total. The molecule has 0 saturated carbocycles. The Hall–Kier alpha value is -1.35. The van der Waals surface area contributed by atoms with E-state index in [0.29, 0.717) is 12.1 Å². The molecule has 0 heterocycles. The van der Waals surface area contributed by atoms with Crippen molar-refractivity contribution >= 4 is 5.97 Å². The molecule has 0 aliphatic carbocycles. The fourth-order valence-electron chi connectivity index (χ4n) is 0.943. The molecule has 0 spiro atoms. The zero-order chi connectivity index (χ0) is 8.97. The van der Waals surface area contributed by atoms with Crippen molar-refractivity contribution in [2.45, 2.75) is 6.54 Å². The van der Waals surface area contributed by atoms with Crippen LogP contribution in [0, 0.1) is 6.07 Å². The quantitative estimate of drug-likeness (QED) is 0.655. The molecule has 0 saturated heterocycles. The van der Waals surface area contributed by atoms with Crippen LogP contribution in [0.3, 0.4) is 0 Å². The minimum atomic E-state index is -0.357. The van der Waals surface area contributed by atoms with Gasteiger partial charge in [-0.3, -0.25) is 0 Å². The fraction of sp³-hybridized carbons (Fsp3) is 0.222. The van der Waals surface area contributed by atoms with Crippen molar-refractivity contribution in [3.05, 3.63) is 35.4 Å². The van der Waals surface area contributed by atoms with E-state index in [1.807, 2.05) is 0 Å². The summed E-state index contributed by atoms with van der Waals surface area (Å²) in [5.74, 6) is -0.357. The number of nitrogens with two attached hydrogens (primary N) is 1. The summed E-state index contributed by atoms with van der Waals surface area (Å²) >= 11 is 0. The third-order valence-electron chi connectivity index (χ3n) is 1.57. The lowest BCUT2D eigenvalue weighted by molar-refractivity contribution is 0.0599. The molecule has 0 fully saturated rings. The van der Waals surface area contributed by atoms with E-state index in [1.54, 1.807) is 18.2 Å². The lowest BCUT2D eigenvalue weighted by atomic mass is 10.1. The molecule has 0 aromatic heterocycles. The predicted octanol–water partition coefficient (Wildman–Crippen LogP) is 0.732. The van der Waals surface area contributed by atoms with E-state index in [1.165, 1.54) is 7.11 Å². The van der Waals surface area contributed by atoms with Gasteiger partial charge in [-0.2, -0.15) is 0 Å². The number of hydrogen-bond donors (Lipinski definition) is 1. The number of carbonyl (C=O) groups is 1. The maximum Gasteiger partial charge on any atom is 0.338 e. The number of benzene rings is 1. The molecule has 0 aliphatic heterocycles. The largest absolute Gasteiger partial charge is 0.465 e. The summed E-state index contributed by atoms with van der Waals surface area (Å²) in [6.45, 7) is 0.321. The predicted molar refractivity (Wildman–Crippen MR) is 44.5 cm³/mol. The van der Waals surface area contributed by atoms with E-state index in [-0.39, 0.29) is 5.97 Å². The number of rotatable bonds is 2. The zero-order valence-corrected chi connectivity index (χ0v) is 6.83. The highest BCUT2D eigenvalue weighted by molar-refractivity contribution is 5.90. The van der Waals surface area contributed by atoms with Gasteiger partial charge in [-0.05, 0) is 23.8 Å². The molecule has 1 rings (SSSR count). The fourth-order valence-corrected chi connectivity index (χ4v) is 0.943. The van der Waals surface area contributed by atoms with Gasteiger partial charge in [0.1, 0.15) is 0 Å². The zero-order valence-electron chi connectivity index (χ0n) is 6.83. The number of carbonyl (C=O) groups excluding carboxylic acids is 1. The average molecular weight is 164 g/mol. The molecule has 12 heavy (non-hydrogen) atoms. The lowest BCUT2D eigenvalue weighted by Gasteiger charge is -2.03. The van der Waals surface area contributed by atoms with Crippen LogP contribution >= 0.6 is 0 Å². The Kier molecular flexibility index (Phi) is 2.82. The number of methoxy groups -OCH3 is 1. The van der Waals surface area contributed by atoms with Crippen molar-refractivity contribution in [1.29, 1.82) is 0 Å². The first-order valence-corrected chi connectivity index (χ1v) is 3.57. The van der Waals surface area contributed by atoms with Crippen LogP contribution in [0.4, 0.5) is 0 Å². The van der Waals surface area contributed by atoms with Crippen LogP contribution in [0.25, 0.3) is 0 Å². The number of ether oxygens (including phenoxy) is 1. The van der Waals surface area contributed by atoms with Crippen molar-refractivity contribution < 1.29 is 9.53 Å². The summed E-state index contributed by atoms with van der Waals surface area (Å²) in [6, 6.07) is 7.84. The molecule has 0 atom stereocenters. The molecule has 0 unspecified atom stereocenters. The Morgan fingerprint density at radius 1 is 1.75 bits per heavy atom. The van der Waals surface area contributed by atoms with Crippen molar-refractivity contribution in [2.24, 2.45) is 5.73 Å². The highest BCUT2D eigenvalue weighted by Crippen LogP contribution is 2.08. The molecule has 3 nitrogen and oxygen atoms in total. The minimum Gasteiger partial charge on any atom is -0.465 e. The second-order valence-corrected chi connectivity index (χ2v) is 2.28. The molecule has 63 valence electrons. The molecule has 1 aromatic carbocycles. The van der Waals surface area contributed by atoms with E-state index in [0.717, 1.165) is 5.56 Å². The normalized spacial score (nSPS) is 9.50. The van der Waals surface area contributed by atoms with Crippen LogP contribution in [-0.2, 0) is 11.3 Å². The van der Waals surface area contributed by atoms with Crippen LogP contribution in [0.15, 0.2) is 18.2 Å². The first kappa shape index (κ1) is 8.74. The van der Waals surface area contributed by atoms with Gasteiger partial charge in [-0.25, -0.2) is 4.79 Å². The van der Waals surface area contributed by atoms with Gasteiger partial charge in [0.05, 0.1) is 12.7 Å². The van der Waals surface area contributed by atoms with E-state index in [9.17, 15) is 4.79 Å². The third-order valence-corrected chi connectivity index (χ3v) is 1.57. The van der Waals surface area contributed by atoms with Crippen LogP contribution in [0.2, 0.25) is 0 Å². The van der Waals surface area contributed by atoms with Crippen LogP contribution in [-0.4, -0.2) is 13.1 Å². The maximum absolute atomic E-state index is 11.1. The molecule has 0 aliphatic rings. The van der Waals surface area contributed by atoms with Gasteiger partial charge in [-0.1, -0.05) is 6.07 Å². The Balaban J connectivity index is 3.04. The number of esters is 1. The van der Waals surface area contributed by atoms with Crippen molar-refractivity contribution in [1.82, 2.24) is 0 Å². The summed E-state index contributed by atoms with van der Waals surface area (Å²) in [5.41, 5.74) is 6.68. The second kappa shape index (κ2) is 3.88. The van der Waals surface area contributed by atoms with Gasteiger partial charge in [0.2, 0.25) is 0 Å². The first-order valence-electron chi connectivity index (χ1n) is 3.57. The monoisotopic (exact) mass is 164 g/mol. The average Bonchev–Trinajstić information content (AvgIpc) is 2.16. The molecule has 0 amide bonds. The molecular weight excluding hydrogens is 154 g/mol. The Labute approximate surface area is 71.1 Å². The van der Waals surface area contributed by atoms with E-state index >= 15 is 0 Å². The summed E-state index contributed by atoms with van der Waals surface area (Å²) in [6.07, 6.45) is 0. The van der Waals surface area contributed by atoms with Crippen LogP contribution in [0.5, 0.6) is 0 Å². The summed E-state index contributed by atoms with van der Waals surface area (Å²) in [7, 11) is 1.35. The maximum atomic E-state index is 11.1. The SMILES string of the molecule is COC(=O)c1cc[c]cc1CN. The molecule has 1 radical (unpaired) electrons. The third kappa shape index (κ3) is 1.62. The van der Waals surface area contributed by atoms with Crippen molar-refractivity contribution in [3.8, 4) is 0 Å². The number of hydrogen-bond acceptors (Lipinski definition) is 3. The van der Waals surface area contributed by atoms with E-state index in [2.05, 4.69) is 10.8 Å². The molecule has 1 aromatic rings. The Morgan fingerprint density at radius 3 is 3.08 bits per heavy atom. The van der Waals surface area contributed by atoms with Gasteiger partial charge in [0, 0.05) is 6.54 Å². The molecule has 0 bridgehead atoms. The standard InChI is InChI=1S/C9H10NO2/c1-12-9(11)8-5-3-2-4-7(8)6-10/h3-5H,6,10H2,1H3. The Morgan fingerprint density at radius 2 is 2.50 bits per heavy atom. The van der Waals surface area contributed by atoms with Gasteiger partial charge in [0.15, 0.2) is 0 Å². The van der Waals surface area contributed by atoms with Gasteiger partial charge >= 0.3 is 5.97 Å². The highest BCUT2D eigenvalue weighted by atomic mass is 16.5. The van der Waals surface area contributed by atoms with Crippen molar-refractivity contribution in [2.75, 3.05) is 7.11 Å². The van der Waals surface area contributed by atoms with Gasteiger partial charge in [0.25, 0.3) is 0 Å². The summed E-state index contributed by atoms with van der Waals surface area (Å²) in [4.78, 5) is 11.1. The minimum absolute atomic E-state index is 0.321. The smallest absolute Gasteiger partial charge is 0.338 e. The van der Waals surface area contributed by atoms with Crippen molar-refractivity contribution in [3.63, 3.8) is 0 Å². The lowest BCUT2D eigenvalue weighted by Crippen LogP contribution is -2.08. The second-order valence-electron chi connectivity index (χ2n) is 2.28. The summed E-state index contributed by atoms with van der Waals surface area (Å²) in [5, 5.41) is 0. The van der Waals surface area contributed by atoms with Crippen LogP contribution in [0.1, 0.15) is 15.9 Å². The van der Waals surface area contributed by atoms with E-state index < -0.39 is 0 Å². The topological polar surface area (TPSA) is 52.3 Å². The Bertz CT molecular complexity index is 284. The molecule has 3 heteroatoms. The van der Waals surface area contributed by atoms with E-state index in [4.69, 9.17) is 5.73 Å². The van der Waals surface area contributed by atoms with Gasteiger partial charge in [-0.15, -0.1) is 0 Å². The first-order chi connectivity index (χ1) is 5.79. The summed E-state index contributed by atoms with van der Waals surface area (Å²) < 4.78 is 4.57.